The van der Waals surface area contributed by atoms with Gasteiger partial charge in [-0.1, -0.05) is 76.6 Å². The highest BCUT2D eigenvalue weighted by molar-refractivity contribution is 6.94. The minimum absolute atomic E-state index is 0.0362. The van der Waals surface area contributed by atoms with Crippen molar-refractivity contribution < 1.29 is 19.1 Å². The number of benzene rings is 1. The van der Waals surface area contributed by atoms with Crippen LogP contribution in [0.15, 0.2) is 30.3 Å². The number of ketones is 1. The Bertz CT molecular complexity index is 633. The van der Waals surface area contributed by atoms with E-state index in [0.717, 1.165) is 25.3 Å². The number of carbonyl (C=O) groups is 2. The van der Waals surface area contributed by atoms with Crippen molar-refractivity contribution in [3.05, 3.63) is 30.3 Å². The lowest BCUT2D eigenvalue weighted by Gasteiger charge is -2.41. The quantitative estimate of drug-likeness (QED) is 0.247. The Morgan fingerprint density at radius 1 is 1.11 bits per heavy atom. The van der Waals surface area contributed by atoms with Crippen LogP contribution in [0.2, 0.25) is 17.1 Å². The zero-order chi connectivity index (χ0) is 20.7. The van der Waals surface area contributed by atoms with E-state index in [1.807, 2.05) is 6.92 Å². The first-order valence-corrected chi connectivity index (χ1v) is 13.1. The third-order valence-corrected chi connectivity index (χ3v) is 12.9. The lowest BCUT2D eigenvalue weighted by atomic mass is 10.1. The predicted molar refractivity (Wildman–Crippen MR) is 116 cm³/mol. The average molecular weight is 405 g/mol. The topological polar surface area (TPSA) is 52.6 Å². The fourth-order valence-corrected chi connectivity index (χ4v) is 10.3. The van der Waals surface area contributed by atoms with Crippen LogP contribution >= 0.6 is 0 Å². The highest BCUT2D eigenvalue weighted by Gasteiger charge is 2.46. The Morgan fingerprint density at radius 3 is 2.32 bits per heavy atom. The Labute approximate surface area is 171 Å². The largest absolute Gasteiger partial charge is 0.460 e. The second kappa shape index (κ2) is 10.4. The van der Waals surface area contributed by atoms with Gasteiger partial charge in [-0.3, -0.25) is 4.79 Å². The van der Waals surface area contributed by atoms with Crippen LogP contribution in [-0.2, 0) is 19.1 Å². The molecule has 1 aromatic rings. The molecule has 0 unspecified atom stereocenters. The van der Waals surface area contributed by atoms with Crippen molar-refractivity contribution in [1.82, 2.24) is 0 Å². The Balaban J connectivity index is 2.09. The first-order valence-electron chi connectivity index (χ1n) is 10.7. The van der Waals surface area contributed by atoms with E-state index in [1.165, 1.54) is 5.19 Å². The van der Waals surface area contributed by atoms with Crippen LogP contribution < -0.4 is 5.19 Å². The number of ether oxygens (including phenoxy) is 2. The van der Waals surface area contributed by atoms with E-state index in [9.17, 15) is 9.59 Å². The summed E-state index contributed by atoms with van der Waals surface area (Å²) in [5.41, 5.74) is 1.12. The van der Waals surface area contributed by atoms with E-state index in [-0.39, 0.29) is 6.10 Å². The molecule has 0 radical (unpaired) electrons. The molecule has 0 aliphatic carbocycles. The summed E-state index contributed by atoms with van der Waals surface area (Å²) >= 11 is 0. The molecule has 156 valence electrons. The van der Waals surface area contributed by atoms with Crippen molar-refractivity contribution in [3.8, 4) is 0 Å². The van der Waals surface area contributed by atoms with E-state index in [0.29, 0.717) is 24.1 Å². The maximum Gasteiger partial charge on any atom is 0.377 e. The standard InChI is InChI=1S/C23H36O4Si/c1-6-7-15-26-23(25)22(24)21-14-13-19(27-21)16-28(17(2)3,18(4)5)20-11-9-8-10-12-20/h8-12,17-19,21H,6-7,13-16H2,1-5H3/t19-,21-/m1/s1. The van der Waals surface area contributed by atoms with Crippen LogP contribution in [0.5, 0.6) is 0 Å². The Kier molecular flexibility index (Phi) is 8.44. The van der Waals surface area contributed by atoms with E-state index in [1.54, 1.807) is 0 Å². The average Bonchev–Trinajstić information content (AvgIpc) is 3.14. The molecule has 0 saturated carbocycles. The van der Waals surface area contributed by atoms with Gasteiger partial charge < -0.3 is 9.47 Å². The van der Waals surface area contributed by atoms with Gasteiger partial charge in [0, 0.05) is 0 Å². The number of unbranched alkanes of at least 4 members (excludes halogenated alkanes) is 1. The summed E-state index contributed by atoms with van der Waals surface area (Å²) in [7, 11) is -1.86. The lowest BCUT2D eigenvalue weighted by Crippen LogP contribution is -2.55. The molecule has 1 aromatic carbocycles. The van der Waals surface area contributed by atoms with Gasteiger partial charge in [0.2, 0.25) is 0 Å². The van der Waals surface area contributed by atoms with Gasteiger partial charge in [0.05, 0.1) is 20.8 Å². The van der Waals surface area contributed by atoms with E-state index in [2.05, 4.69) is 58.0 Å². The molecule has 28 heavy (non-hydrogen) atoms. The van der Waals surface area contributed by atoms with Crippen molar-refractivity contribution in [2.24, 2.45) is 0 Å². The van der Waals surface area contributed by atoms with Crippen LogP contribution in [0.4, 0.5) is 0 Å². The lowest BCUT2D eigenvalue weighted by molar-refractivity contribution is -0.158. The molecule has 0 aromatic heterocycles. The molecule has 2 atom stereocenters. The van der Waals surface area contributed by atoms with Crippen molar-refractivity contribution >= 4 is 25.0 Å². The van der Waals surface area contributed by atoms with Crippen LogP contribution in [-0.4, -0.2) is 38.6 Å². The molecular weight excluding hydrogens is 368 g/mol. The van der Waals surface area contributed by atoms with Crippen molar-refractivity contribution in [1.29, 1.82) is 0 Å². The summed E-state index contributed by atoms with van der Waals surface area (Å²) < 4.78 is 11.2. The normalized spacial score (nSPS) is 20.0. The fourth-order valence-electron chi connectivity index (χ4n) is 4.61. The number of rotatable bonds is 10. The number of hydrogen-bond acceptors (Lipinski definition) is 4. The van der Waals surface area contributed by atoms with Crippen LogP contribution in [0, 0.1) is 0 Å². The summed E-state index contributed by atoms with van der Waals surface area (Å²) in [6.45, 7) is 11.6. The monoisotopic (exact) mass is 404 g/mol. The number of carbonyl (C=O) groups excluding carboxylic acids is 2. The molecule has 0 N–H and O–H groups in total. The Morgan fingerprint density at radius 2 is 1.75 bits per heavy atom. The molecule has 0 bridgehead atoms. The van der Waals surface area contributed by atoms with Crippen LogP contribution in [0.25, 0.3) is 0 Å². The van der Waals surface area contributed by atoms with Gasteiger partial charge in [-0.25, -0.2) is 4.79 Å². The minimum atomic E-state index is -1.86. The van der Waals surface area contributed by atoms with Crippen LogP contribution in [0.1, 0.15) is 60.3 Å². The van der Waals surface area contributed by atoms with Gasteiger partial charge in [-0.2, -0.15) is 0 Å². The number of hydrogen-bond donors (Lipinski definition) is 0. The molecular formula is C23H36O4Si. The van der Waals surface area contributed by atoms with Gasteiger partial charge in [-0.15, -0.1) is 0 Å². The molecule has 0 amide bonds. The fraction of sp³-hybridized carbons (Fsp3) is 0.652. The van der Waals surface area contributed by atoms with Crippen LogP contribution in [0.3, 0.4) is 0 Å². The first kappa shape index (κ1) is 22.8. The SMILES string of the molecule is CCCCOC(=O)C(=O)[C@H]1CC[C@H](C[Si](c2ccccc2)(C(C)C)C(C)C)O1. The van der Waals surface area contributed by atoms with Crippen molar-refractivity contribution in [2.45, 2.75) is 89.6 Å². The van der Waals surface area contributed by atoms with Gasteiger partial charge in [0.15, 0.2) is 0 Å². The highest BCUT2D eigenvalue weighted by Crippen LogP contribution is 2.39. The molecule has 1 aliphatic heterocycles. The third kappa shape index (κ3) is 5.12. The minimum Gasteiger partial charge on any atom is -0.460 e. The molecule has 1 saturated heterocycles. The zero-order valence-electron chi connectivity index (χ0n) is 18.1. The van der Waals surface area contributed by atoms with Gasteiger partial charge in [0.1, 0.15) is 6.10 Å². The summed E-state index contributed by atoms with van der Waals surface area (Å²) in [6, 6.07) is 11.8. The molecule has 4 nitrogen and oxygen atoms in total. The third-order valence-electron chi connectivity index (χ3n) is 6.27. The van der Waals surface area contributed by atoms with Gasteiger partial charge >= 0.3 is 5.97 Å². The maximum atomic E-state index is 12.4. The van der Waals surface area contributed by atoms with Gasteiger partial charge in [-0.05, 0) is 36.4 Å². The number of esters is 1. The molecule has 0 spiro atoms. The second-order valence-electron chi connectivity index (χ2n) is 8.60. The first-order chi connectivity index (χ1) is 13.3. The van der Waals surface area contributed by atoms with Crippen molar-refractivity contribution in [3.63, 3.8) is 0 Å². The highest BCUT2D eigenvalue weighted by atomic mass is 28.3. The smallest absolute Gasteiger partial charge is 0.377 e. The summed E-state index contributed by atoms with van der Waals surface area (Å²) in [6.07, 6.45) is 2.55. The number of Topliss-reactive ketones (excluding diaryl/α,β-unsaturated/α-hetero) is 1. The van der Waals surface area contributed by atoms with Gasteiger partial charge in [0.25, 0.3) is 5.78 Å². The zero-order valence-corrected chi connectivity index (χ0v) is 19.1. The summed E-state index contributed by atoms with van der Waals surface area (Å²) in [5, 5.41) is 1.46. The maximum absolute atomic E-state index is 12.4. The van der Waals surface area contributed by atoms with E-state index < -0.39 is 25.9 Å². The molecule has 1 fully saturated rings. The Hall–Kier alpha value is -1.46. The predicted octanol–water partition coefficient (Wildman–Crippen LogP) is 4.62. The van der Waals surface area contributed by atoms with E-state index in [4.69, 9.17) is 9.47 Å². The van der Waals surface area contributed by atoms with E-state index >= 15 is 0 Å². The van der Waals surface area contributed by atoms with Crippen molar-refractivity contribution in [2.75, 3.05) is 6.61 Å². The molecule has 1 heterocycles. The molecule has 2 rings (SSSR count). The molecule has 5 heteroatoms. The second-order valence-corrected chi connectivity index (χ2v) is 14.0. The summed E-state index contributed by atoms with van der Waals surface area (Å²) in [5.74, 6) is -1.25. The molecule has 1 aliphatic rings. The summed E-state index contributed by atoms with van der Waals surface area (Å²) in [4.78, 5) is 24.4.